The van der Waals surface area contributed by atoms with E-state index < -0.39 is 98.2 Å². The van der Waals surface area contributed by atoms with E-state index in [-0.39, 0.29) is 28.5 Å². The number of fused-ring (bicyclic) bond motifs is 4. The number of hydrogen-bond acceptors (Lipinski definition) is 6. The summed E-state index contributed by atoms with van der Waals surface area (Å²) in [6.45, 7) is 0. The minimum atomic E-state index is -2.64. The number of hydrogen-bond donors (Lipinski definition) is 1. The van der Waals surface area contributed by atoms with Crippen LogP contribution in [-0.2, 0) is 19.2 Å². The number of alkyl halides is 2. The molecule has 0 aromatic heterocycles. The predicted octanol–water partition coefficient (Wildman–Crippen LogP) is 7.17. The van der Waals surface area contributed by atoms with Crippen LogP contribution in [0, 0.1) is 52.8 Å². The van der Waals surface area contributed by atoms with Gasteiger partial charge in [-0.15, -0.1) is 23.2 Å². The van der Waals surface area contributed by atoms with Crippen LogP contribution >= 0.6 is 39.1 Å². The van der Waals surface area contributed by atoms with Gasteiger partial charge in [-0.3, -0.25) is 24.1 Å². The van der Waals surface area contributed by atoms with Crippen molar-refractivity contribution >= 4 is 80.2 Å². The maximum absolute atomic E-state index is 15.2. The smallest absolute Gasteiger partial charge is 0.258 e. The molecule has 0 radical (unpaired) electrons. The van der Waals surface area contributed by atoms with Crippen LogP contribution < -0.4 is 14.5 Å². The van der Waals surface area contributed by atoms with Crippen LogP contribution in [-0.4, -0.2) is 45.6 Å². The fraction of sp³-hybridized carbons (Fsp3) is 0.257. The van der Waals surface area contributed by atoms with Gasteiger partial charge in [-0.1, -0.05) is 45.8 Å². The largest absolute Gasteiger partial charge is 0.504 e. The van der Waals surface area contributed by atoms with E-state index in [2.05, 4.69) is 15.9 Å². The van der Waals surface area contributed by atoms with Gasteiger partial charge in [0.25, 0.3) is 11.8 Å². The molecule has 6 atom stereocenters. The zero-order chi connectivity index (χ0) is 36.9. The van der Waals surface area contributed by atoms with Crippen molar-refractivity contribution in [1.29, 1.82) is 0 Å². The third kappa shape index (κ3) is 4.82. The first-order chi connectivity index (χ1) is 24.1. The molecule has 2 saturated heterocycles. The zero-order valence-corrected chi connectivity index (χ0v) is 29.0. The van der Waals surface area contributed by atoms with E-state index in [4.69, 9.17) is 27.9 Å². The van der Waals surface area contributed by atoms with Crippen molar-refractivity contribution < 1.29 is 51.0 Å². The number of nitrogens with zero attached hydrogens (tertiary/aromatic N) is 2. The summed E-state index contributed by atoms with van der Waals surface area (Å²) in [5.74, 6) is -21.3. The normalized spacial score (nSPS) is 28.7. The molecular formula is C35H22BrCl2F5N2O6. The number of carbonyl (C=O) groups is 4. The Labute approximate surface area is 304 Å². The molecule has 1 N–H and O–H groups in total. The molecule has 4 aliphatic rings. The van der Waals surface area contributed by atoms with Crippen LogP contribution in [0.1, 0.15) is 18.4 Å². The number of phenols is 1. The molecule has 16 heteroatoms. The lowest BCUT2D eigenvalue weighted by Gasteiger charge is -2.49. The summed E-state index contributed by atoms with van der Waals surface area (Å²) >= 11 is 17.5. The minimum absolute atomic E-state index is 0.00276. The minimum Gasteiger partial charge on any atom is -0.504 e. The maximum Gasteiger partial charge on any atom is 0.258 e. The Bertz CT molecular complexity index is 2120. The van der Waals surface area contributed by atoms with Crippen molar-refractivity contribution in [2.45, 2.75) is 22.6 Å². The number of carbonyl (C=O) groups excluding carboxylic acids is 4. The number of amides is 4. The van der Waals surface area contributed by atoms with Crippen molar-refractivity contribution in [1.82, 2.24) is 0 Å². The lowest BCUT2D eigenvalue weighted by Crippen LogP contribution is -2.60. The molecule has 6 unspecified atom stereocenters. The Morgan fingerprint density at radius 3 is 2.12 bits per heavy atom. The highest BCUT2D eigenvalue weighted by Crippen LogP contribution is 2.64. The number of imide groups is 2. The standard InChI is InChI=1S/C35H22BrCl2F5N2O6/c1-51-22-12-14(3-11-21(22)46)2-10-20-17-8-9-18-23(31(48)44(30(18)47)16-6-4-15(36)5-7-16)19(17)13-34(37)32(49)45(33(50)35(20,34)38)29-27(42)25(40)24(39)26(41)28(29)43/h2-8,10-12,18-20,23,46H,9,13H2,1H3. The maximum atomic E-state index is 15.2. The fourth-order valence-electron chi connectivity index (χ4n) is 7.66. The van der Waals surface area contributed by atoms with Gasteiger partial charge in [-0.2, -0.15) is 0 Å². The van der Waals surface area contributed by atoms with Crippen molar-refractivity contribution in [3.63, 3.8) is 0 Å². The van der Waals surface area contributed by atoms with E-state index in [9.17, 15) is 37.5 Å². The van der Waals surface area contributed by atoms with Gasteiger partial charge in [0, 0.05) is 10.4 Å². The second kappa shape index (κ2) is 12.2. The molecular weight excluding hydrogens is 790 g/mol. The molecule has 3 aromatic carbocycles. The summed E-state index contributed by atoms with van der Waals surface area (Å²) in [6.07, 6.45) is 3.75. The molecule has 0 bridgehead atoms. The highest BCUT2D eigenvalue weighted by Gasteiger charge is 2.76. The molecule has 1 saturated carbocycles. The monoisotopic (exact) mass is 810 g/mol. The summed E-state index contributed by atoms with van der Waals surface area (Å²) in [5, 5.41) is 10.1. The number of benzene rings is 3. The first kappa shape index (κ1) is 35.1. The van der Waals surface area contributed by atoms with Gasteiger partial charge in [0.15, 0.2) is 44.5 Å². The summed E-state index contributed by atoms with van der Waals surface area (Å²) in [6, 6.07) is 10.6. The number of halogens is 8. The quantitative estimate of drug-likeness (QED) is 0.0733. The molecule has 0 spiro atoms. The van der Waals surface area contributed by atoms with Crippen LogP contribution in [0.3, 0.4) is 0 Å². The molecule has 8 nitrogen and oxygen atoms in total. The Hall–Kier alpha value is -4.27. The fourth-order valence-corrected chi connectivity index (χ4v) is 8.82. The van der Waals surface area contributed by atoms with Crippen LogP contribution in [0.15, 0.2) is 64.7 Å². The van der Waals surface area contributed by atoms with Crippen LogP contribution in [0.5, 0.6) is 11.5 Å². The van der Waals surface area contributed by atoms with E-state index in [0.29, 0.717) is 15.6 Å². The van der Waals surface area contributed by atoms with E-state index in [1.165, 1.54) is 37.5 Å². The number of phenolic OH excluding ortho intramolecular Hbond substituents is 1. The molecule has 2 aliphatic carbocycles. The number of anilines is 2. The molecule has 3 aromatic rings. The van der Waals surface area contributed by atoms with E-state index in [0.717, 1.165) is 4.90 Å². The molecule has 7 rings (SSSR count). The van der Waals surface area contributed by atoms with Gasteiger partial charge in [-0.25, -0.2) is 26.9 Å². The van der Waals surface area contributed by atoms with Gasteiger partial charge in [0.2, 0.25) is 17.6 Å². The number of rotatable bonds is 5. The van der Waals surface area contributed by atoms with Gasteiger partial charge >= 0.3 is 0 Å². The first-order valence-corrected chi connectivity index (χ1v) is 16.8. The van der Waals surface area contributed by atoms with E-state index >= 15 is 8.78 Å². The Morgan fingerprint density at radius 1 is 0.863 bits per heavy atom. The third-order valence-corrected chi connectivity index (χ3v) is 12.0. The molecule has 3 fully saturated rings. The second-order valence-corrected chi connectivity index (χ2v) is 14.7. The molecule has 4 amide bonds. The van der Waals surface area contributed by atoms with Crippen LogP contribution in [0.2, 0.25) is 0 Å². The first-order valence-electron chi connectivity index (χ1n) is 15.2. The molecule has 2 heterocycles. The van der Waals surface area contributed by atoms with Gasteiger partial charge in [0.1, 0.15) is 5.69 Å². The Kier molecular flexibility index (Phi) is 8.38. The Morgan fingerprint density at radius 2 is 1.49 bits per heavy atom. The average Bonchev–Trinajstić information content (AvgIpc) is 3.45. The summed E-state index contributed by atoms with van der Waals surface area (Å²) in [4.78, 5) is 51.9. The van der Waals surface area contributed by atoms with Crippen molar-refractivity contribution in [3.8, 4) is 11.5 Å². The molecule has 264 valence electrons. The number of ether oxygens (including phenoxy) is 1. The molecule has 51 heavy (non-hydrogen) atoms. The topological polar surface area (TPSA) is 104 Å². The van der Waals surface area contributed by atoms with Crippen molar-refractivity contribution in [2.24, 2.45) is 23.7 Å². The molecule has 2 aliphatic heterocycles. The van der Waals surface area contributed by atoms with Crippen molar-refractivity contribution in [2.75, 3.05) is 16.9 Å². The predicted molar refractivity (Wildman–Crippen MR) is 177 cm³/mol. The van der Waals surface area contributed by atoms with Crippen LogP contribution in [0.25, 0.3) is 6.08 Å². The van der Waals surface area contributed by atoms with Gasteiger partial charge < -0.3 is 9.84 Å². The van der Waals surface area contributed by atoms with E-state index in [1.54, 1.807) is 30.3 Å². The van der Waals surface area contributed by atoms with E-state index in [1.807, 2.05) is 0 Å². The van der Waals surface area contributed by atoms with Gasteiger partial charge in [-0.05, 0) is 60.7 Å². The Balaban J connectivity index is 1.40. The number of allylic oxidation sites excluding steroid dienone is 3. The number of methoxy groups -OCH3 is 1. The SMILES string of the molecule is COc1cc(C=CC2C3=CCC4C(=O)N(c5ccc(Br)cc5)C(=O)C4C3CC3(Cl)C(=O)N(c4c(F)c(F)c(F)c(F)c4F)C(=O)C23Cl)ccc1O. The van der Waals surface area contributed by atoms with Crippen LogP contribution in [0.4, 0.5) is 33.3 Å². The average molecular weight is 812 g/mol. The summed E-state index contributed by atoms with van der Waals surface area (Å²) in [7, 11) is 1.31. The summed E-state index contributed by atoms with van der Waals surface area (Å²) in [5.41, 5.74) is -0.910. The number of aromatic hydroxyl groups is 1. The second-order valence-electron chi connectivity index (χ2n) is 12.5. The van der Waals surface area contributed by atoms with Gasteiger partial charge in [0.05, 0.1) is 24.6 Å². The highest BCUT2D eigenvalue weighted by atomic mass is 79.9. The highest BCUT2D eigenvalue weighted by molar-refractivity contribution is 9.10. The lowest BCUT2D eigenvalue weighted by atomic mass is 9.57. The lowest BCUT2D eigenvalue weighted by molar-refractivity contribution is -0.125. The third-order valence-electron chi connectivity index (χ3n) is 10.0. The van der Waals surface area contributed by atoms with Crippen molar-refractivity contribution in [3.05, 3.63) is 99.3 Å². The zero-order valence-electron chi connectivity index (χ0n) is 25.9. The summed E-state index contributed by atoms with van der Waals surface area (Å²) < 4.78 is 79.1.